The maximum Gasteiger partial charge on any atom is 0.135 e. The number of nitrogens with one attached hydrogen (secondary N) is 1. The lowest BCUT2D eigenvalue weighted by molar-refractivity contribution is 1.02. The Balaban J connectivity index is 3.07. The fourth-order valence-corrected chi connectivity index (χ4v) is 1.59. The Kier molecular flexibility index (Phi) is 2.21. The average Bonchev–Trinajstić information content (AvgIpc) is 2.30. The molecule has 4 nitrogen and oxygen atoms in total. The fourth-order valence-electron chi connectivity index (χ4n) is 0.789. The molecule has 0 spiro atoms. The second-order valence-electron chi connectivity index (χ2n) is 2.14. The molecule has 0 aliphatic heterocycles. The third-order valence-corrected chi connectivity index (χ3v) is 2.47. The molecule has 60 valence electrons. The highest BCUT2D eigenvalue weighted by Crippen LogP contribution is 2.16. The summed E-state index contributed by atoms with van der Waals surface area (Å²) in [4.78, 5) is 4.85. The smallest absolute Gasteiger partial charge is 0.135 e. The van der Waals surface area contributed by atoms with Crippen LogP contribution in [-0.2, 0) is 6.54 Å². The number of nitrogen functional groups attached to an aromatic ring is 1. The number of nitrogens with two attached hydrogens (primary N) is 2. The van der Waals surface area contributed by atoms with Crippen molar-refractivity contribution < 1.29 is 0 Å². The van der Waals surface area contributed by atoms with Crippen LogP contribution < -0.4 is 11.5 Å². The number of nitrogens with zero attached hydrogens (tertiary/aromatic N) is 1. The van der Waals surface area contributed by atoms with Crippen LogP contribution in [0.3, 0.4) is 0 Å². The summed E-state index contributed by atoms with van der Waals surface area (Å²) in [5.74, 6) is 0.0692. The minimum absolute atomic E-state index is 0.0692. The summed E-state index contributed by atoms with van der Waals surface area (Å²) in [6, 6.07) is 0. The molecule has 0 amide bonds. The van der Waals surface area contributed by atoms with Gasteiger partial charge in [0.1, 0.15) is 10.8 Å². The van der Waals surface area contributed by atoms with Gasteiger partial charge in [0.05, 0.1) is 10.6 Å². The molecular weight excluding hydrogens is 160 g/mol. The molecule has 0 bridgehead atoms. The van der Waals surface area contributed by atoms with Crippen LogP contribution in [0.4, 0.5) is 0 Å². The van der Waals surface area contributed by atoms with Crippen LogP contribution >= 0.6 is 11.3 Å². The lowest BCUT2D eigenvalue weighted by Crippen LogP contribution is -2.10. The summed E-state index contributed by atoms with van der Waals surface area (Å²) in [5.41, 5.74) is 11.5. The molecule has 0 aliphatic rings. The van der Waals surface area contributed by atoms with Gasteiger partial charge < -0.3 is 11.5 Å². The first-order chi connectivity index (χ1) is 5.15. The molecule has 0 unspecified atom stereocenters. The van der Waals surface area contributed by atoms with Crippen molar-refractivity contribution in [3.8, 4) is 0 Å². The van der Waals surface area contributed by atoms with Gasteiger partial charge in [0.25, 0.3) is 0 Å². The quantitative estimate of drug-likeness (QED) is 0.437. The number of amidine groups is 1. The highest BCUT2D eigenvalue weighted by molar-refractivity contribution is 7.13. The van der Waals surface area contributed by atoms with E-state index in [0.29, 0.717) is 6.54 Å². The average molecular weight is 170 g/mol. The van der Waals surface area contributed by atoms with E-state index < -0.39 is 0 Å². The van der Waals surface area contributed by atoms with Crippen molar-refractivity contribution in [1.29, 1.82) is 5.41 Å². The van der Waals surface area contributed by atoms with Crippen LogP contribution in [0.5, 0.6) is 0 Å². The van der Waals surface area contributed by atoms with E-state index in [4.69, 9.17) is 16.9 Å². The van der Waals surface area contributed by atoms with Gasteiger partial charge in [0.2, 0.25) is 0 Å². The second-order valence-corrected chi connectivity index (χ2v) is 3.22. The van der Waals surface area contributed by atoms with Gasteiger partial charge >= 0.3 is 0 Å². The first-order valence-electron chi connectivity index (χ1n) is 3.16. The highest BCUT2D eigenvalue weighted by atomic mass is 32.1. The van der Waals surface area contributed by atoms with Crippen LogP contribution in [0.15, 0.2) is 0 Å². The summed E-state index contributed by atoms with van der Waals surface area (Å²) in [6.07, 6.45) is 0. The van der Waals surface area contributed by atoms with E-state index >= 15 is 0 Å². The molecule has 1 rings (SSSR count). The maximum absolute atomic E-state index is 7.17. The van der Waals surface area contributed by atoms with Crippen LogP contribution in [0.25, 0.3) is 0 Å². The number of aryl methyl sites for hydroxylation is 1. The Hall–Kier alpha value is -0.940. The molecule has 0 radical (unpaired) electrons. The highest BCUT2D eigenvalue weighted by Gasteiger charge is 2.07. The van der Waals surface area contributed by atoms with Crippen molar-refractivity contribution in [2.24, 2.45) is 11.5 Å². The number of hydrogen-bond acceptors (Lipinski definition) is 4. The van der Waals surface area contributed by atoms with E-state index in [0.717, 1.165) is 15.6 Å². The Morgan fingerprint density at radius 2 is 2.36 bits per heavy atom. The Morgan fingerprint density at radius 1 is 1.73 bits per heavy atom. The molecule has 0 fully saturated rings. The zero-order valence-corrected chi connectivity index (χ0v) is 7.03. The van der Waals surface area contributed by atoms with Crippen molar-refractivity contribution >= 4 is 17.2 Å². The predicted molar refractivity (Wildman–Crippen MR) is 45.8 cm³/mol. The summed E-state index contributed by atoms with van der Waals surface area (Å²) in [5, 5.41) is 8.00. The van der Waals surface area contributed by atoms with Gasteiger partial charge in [-0.2, -0.15) is 0 Å². The lowest BCUT2D eigenvalue weighted by Gasteiger charge is -1.89. The minimum Gasteiger partial charge on any atom is -0.383 e. The standard InChI is InChI=1S/C6H10N4S/c1-3-5(6(8)9)11-4(2-7)10-3/h2,7H2,1H3,(H3,8,9). The summed E-state index contributed by atoms with van der Waals surface area (Å²) >= 11 is 1.38. The van der Waals surface area contributed by atoms with Crippen molar-refractivity contribution in [2.45, 2.75) is 13.5 Å². The Morgan fingerprint density at radius 3 is 2.64 bits per heavy atom. The number of rotatable bonds is 2. The number of thiazole rings is 1. The molecular formula is C6H10N4S. The summed E-state index contributed by atoms with van der Waals surface area (Å²) in [6.45, 7) is 2.24. The maximum atomic E-state index is 7.17. The molecule has 5 heteroatoms. The van der Waals surface area contributed by atoms with E-state index in [1.165, 1.54) is 11.3 Å². The third-order valence-electron chi connectivity index (χ3n) is 1.26. The molecule has 0 aromatic carbocycles. The molecule has 0 aliphatic carbocycles. The topological polar surface area (TPSA) is 88.8 Å². The van der Waals surface area contributed by atoms with Crippen LogP contribution in [-0.4, -0.2) is 10.8 Å². The molecule has 0 atom stereocenters. The van der Waals surface area contributed by atoms with Crippen LogP contribution in [0.2, 0.25) is 0 Å². The van der Waals surface area contributed by atoms with Gasteiger partial charge in [-0.1, -0.05) is 0 Å². The minimum atomic E-state index is 0.0692. The zero-order valence-electron chi connectivity index (χ0n) is 6.22. The van der Waals surface area contributed by atoms with Gasteiger partial charge in [-0.3, -0.25) is 5.41 Å². The van der Waals surface area contributed by atoms with Crippen LogP contribution in [0, 0.1) is 12.3 Å². The monoisotopic (exact) mass is 170 g/mol. The molecule has 0 saturated carbocycles. The zero-order chi connectivity index (χ0) is 8.43. The van der Waals surface area contributed by atoms with E-state index in [1.807, 2.05) is 6.92 Å². The van der Waals surface area contributed by atoms with E-state index in [1.54, 1.807) is 0 Å². The first kappa shape index (κ1) is 8.16. The molecule has 1 aromatic heterocycles. The molecule has 5 N–H and O–H groups in total. The first-order valence-corrected chi connectivity index (χ1v) is 3.97. The molecule has 11 heavy (non-hydrogen) atoms. The Labute approximate surface area is 68.8 Å². The number of aromatic nitrogens is 1. The normalized spacial score (nSPS) is 10.0. The molecule has 1 heterocycles. The van der Waals surface area contributed by atoms with E-state index in [9.17, 15) is 0 Å². The van der Waals surface area contributed by atoms with Crippen LogP contribution in [0.1, 0.15) is 15.6 Å². The molecule has 0 saturated heterocycles. The predicted octanol–water partition coefficient (Wildman–Crippen LogP) is 0.194. The van der Waals surface area contributed by atoms with E-state index in [-0.39, 0.29) is 5.84 Å². The summed E-state index contributed by atoms with van der Waals surface area (Å²) < 4.78 is 0. The van der Waals surface area contributed by atoms with Crippen molar-refractivity contribution in [3.63, 3.8) is 0 Å². The van der Waals surface area contributed by atoms with Gasteiger partial charge in [-0.15, -0.1) is 11.3 Å². The second kappa shape index (κ2) is 2.98. The SMILES string of the molecule is Cc1nc(CN)sc1C(=N)N. The van der Waals surface area contributed by atoms with Crippen molar-refractivity contribution in [2.75, 3.05) is 0 Å². The van der Waals surface area contributed by atoms with Gasteiger partial charge in [-0.25, -0.2) is 4.98 Å². The van der Waals surface area contributed by atoms with E-state index in [2.05, 4.69) is 4.98 Å². The molecule has 1 aromatic rings. The fraction of sp³-hybridized carbons (Fsp3) is 0.333. The number of hydrogen-bond donors (Lipinski definition) is 3. The van der Waals surface area contributed by atoms with Gasteiger partial charge in [0, 0.05) is 6.54 Å². The lowest BCUT2D eigenvalue weighted by atomic mass is 10.4. The van der Waals surface area contributed by atoms with Gasteiger partial charge in [0.15, 0.2) is 0 Å². The largest absolute Gasteiger partial charge is 0.383 e. The third kappa shape index (κ3) is 1.55. The van der Waals surface area contributed by atoms with Gasteiger partial charge in [-0.05, 0) is 6.92 Å². The van der Waals surface area contributed by atoms with Crippen molar-refractivity contribution in [3.05, 3.63) is 15.6 Å². The summed E-state index contributed by atoms with van der Waals surface area (Å²) in [7, 11) is 0. The Bertz CT molecular complexity index is 278. The van der Waals surface area contributed by atoms with Crippen molar-refractivity contribution in [1.82, 2.24) is 4.98 Å².